The number of halogens is 6. The van der Waals surface area contributed by atoms with Crippen molar-refractivity contribution in [3.63, 3.8) is 0 Å². The van der Waals surface area contributed by atoms with Gasteiger partial charge in [0.05, 0.1) is 36.9 Å². The Labute approximate surface area is 266 Å². The molecule has 3 N–H and O–H groups in total. The van der Waals surface area contributed by atoms with Crippen molar-refractivity contribution in [1.29, 1.82) is 0 Å². The number of carbonyl (C=O) groups excluding carboxylic acids is 2. The van der Waals surface area contributed by atoms with Crippen LogP contribution in [-0.2, 0) is 4.79 Å². The van der Waals surface area contributed by atoms with Crippen molar-refractivity contribution < 1.29 is 23.9 Å². The number of anilines is 2. The fraction of sp³-hybridized carbons (Fsp3) is 0.0357. The first kappa shape index (κ1) is 31.2. The highest BCUT2D eigenvalue weighted by molar-refractivity contribution is 9.10. The van der Waals surface area contributed by atoms with Crippen LogP contribution in [0.4, 0.5) is 15.8 Å². The van der Waals surface area contributed by atoms with E-state index in [4.69, 9.17) is 46.4 Å². The molecule has 0 aliphatic carbocycles. The average molecular weight is 717 g/mol. The van der Waals surface area contributed by atoms with Crippen molar-refractivity contribution in [1.82, 2.24) is 0 Å². The van der Waals surface area contributed by atoms with Crippen molar-refractivity contribution in [2.75, 3.05) is 10.6 Å². The first-order valence-electron chi connectivity index (χ1n) is 11.5. The predicted octanol–water partition coefficient (Wildman–Crippen LogP) is 9.62. The minimum absolute atomic E-state index is 0.0413. The van der Waals surface area contributed by atoms with E-state index in [0.29, 0.717) is 20.6 Å². The lowest BCUT2D eigenvalue weighted by atomic mass is 10.1. The van der Waals surface area contributed by atoms with Crippen molar-refractivity contribution in [2.45, 2.75) is 10.1 Å². The Bertz CT molecular complexity index is 1660. The second-order valence-electron chi connectivity index (χ2n) is 8.31. The summed E-state index contributed by atoms with van der Waals surface area (Å²) in [5.74, 6) is -3.40. The van der Waals surface area contributed by atoms with Gasteiger partial charge >= 0.3 is 5.97 Å². The maximum Gasteiger partial charge on any atom is 0.338 e. The van der Waals surface area contributed by atoms with Gasteiger partial charge in [0.15, 0.2) is 0 Å². The first-order chi connectivity index (χ1) is 19.5. The fourth-order valence-corrected chi connectivity index (χ4v) is 6.06. The highest BCUT2D eigenvalue weighted by atomic mass is 79.9. The van der Waals surface area contributed by atoms with E-state index < -0.39 is 45.0 Å². The molecule has 41 heavy (non-hydrogen) atoms. The summed E-state index contributed by atoms with van der Waals surface area (Å²) in [6, 6.07) is 19.7. The smallest absolute Gasteiger partial charge is 0.338 e. The summed E-state index contributed by atoms with van der Waals surface area (Å²) >= 11 is 28.6. The molecule has 13 heteroatoms. The molecular weight excluding hydrogens is 701 g/mol. The van der Waals surface area contributed by atoms with Gasteiger partial charge in [-0.15, -0.1) is 11.8 Å². The van der Waals surface area contributed by atoms with Crippen LogP contribution in [0.5, 0.6) is 0 Å². The Morgan fingerprint density at radius 3 is 2.00 bits per heavy atom. The predicted molar refractivity (Wildman–Crippen MR) is 166 cm³/mol. The zero-order valence-corrected chi connectivity index (χ0v) is 25.8. The van der Waals surface area contributed by atoms with E-state index in [9.17, 15) is 23.9 Å². The molecule has 0 spiro atoms. The van der Waals surface area contributed by atoms with Crippen LogP contribution in [0.25, 0.3) is 0 Å². The number of rotatable bonds is 8. The molecule has 1 atom stereocenters. The second kappa shape index (κ2) is 13.5. The molecule has 210 valence electrons. The Morgan fingerprint density at radius 1 is 0.805 bits per heavy atom. The SMILES string of the molecule is O=C(O)c1c(Cl)c(Cl)c(Cl)c(Cl)c1C(=O)Nc1ccc(SC(C(=O)Nc2ccc(Br)cc2F)c2ccccc2)cc1. The minimum atomic E-state index is -1.51. The van der Waals surface area contributed by atoms with E-state index in [1.54, 1.807) is 54.6 Å². The molecule has 0 fully saturated rings. The molecule has 4 aromatic rings. The highest BCUT2D eigenvalue weighted by Crippen LogP contribution is 2.42. The Balaban J connectivity index is 1.56. The van der Waals surface area contributed by atoms with Gasteiger partial charge < -0.3 is 15.7 Å². The Morgan fingerprint density at radius 2 is 1.41 bits per heavy atom. The Hall–Kier alpha value is -2.79. The third-order valence-electron chi connectivity index (χ3n) is 5.60. The van der Waals surface area contributed by atoms with Crippen LogP contribution in [0.3, 0.4) is 0 Å². The molecule has 0 radical (unpaired) electrons. The van der Waals surface area contributed by atoms with Gasteiger partial charge in [-0.05, 0) is 48.0 Å². The molecule has 0 bridgehead atoms. The number of thioether (sulfide) groups is 1. The number of carbonyl (C=O) groups is 3. The van der Waals surface area contributed by atoms with Gasteiger partial charge in [0.1, 0.15) is 11.1 Å². The van der Waals surface area contributed by atoms with E-state index in [0.717, 1.165) is 0 Å². The van der Waals surface area contributed by atoms with Crippen molar-refractivity contribution in [3.05, 3.63) is 120 Å². The number of hydrogen-bond donors (Lipinski definition) is 3. The first-order valence-corrected chi connectivity index (χ1v) is 14.6. The molecule has 0 heterocycles. The third-order valence-corrected chi connectivity index (χ3v) is 9.17. The number of hydrogen-bond acceptors (Lipinski definition) is 4. The second-order valence-corrected chi connectivity index (χ2v) is 11.9. The lowest BCUT2D eigenvalue weighted by Crippen LogP contribution is -2.19. The topological polar surface area (TPSA) is 95.5 Å². The molecule has 0 aromatic heterocycles. The third kappa shape index (κ3) is 7.17. The highest BCUT2D eigenvalue weighted by Gasteiger charge is 2.29. The van der Waals surface area contributed by atoms with E-state index >= 15 is 0 Å². The van der Waals surface area contributed by atoms with E-state index in [-0.39, 0.29) is 20.8 Å². The summed E-state index contributed by atoms with van der Waals surface area (Å²) in [5.41, 5.74) is -0.00362. The van der Waals surface area contributed by atoms with Gasteiger partial charge in [-0.25, -0.2) is 9.18 Å². The molecule has 1 unspecified atom stereocenters. The molecule has 2 amide bonds. The quantitative estimate of drug-likeness (QED) is 0.0959. The minimum Gasteiger partial charge on any atom is -0.478 e. The molecule has 0 aliphatic rings. The number of benzene rings is 4. The van der Waals surface area contributed by atoms with Crippen LogP contribution in [-0.4, -0.2) is 22.9 Å². The Kier molecular flexibility index (Phi) is 10.2. The molecule has 0 aliphatic heterocycles. The zero-order chi connectivity index (χ0) is 29.8. The number of nitrogens with one attached hydrogen (secondary N) is 2. The summed E-state index contributed by atoms with van der Waals surface area (Å²) in [5, 5.41) is 12.7. The maximum atomic E-state index is 14.4. The van der Waals surface area contributed by atoms with Crippen LogP contribution in [0.2, 0.25) is 20.1 Å². The van der Waals surface area contributed by atoms with Crippen molar-refractivity contribution in [3.8, 4) is 0 Å². The summed E-state index contributed by atoms with van der Waals surface area (Å²) in [6.07, 6.45) is 0. The lowest BCUT2D eigenvalue weighted by molar-refractivity contribution is -0.115. The van der Waals surface area contributed by atoms with Crippen LogP contribution >= 0.6 is 74.1 Å². The number of aromatic carboxylic acids is 1. The van der Waals surface area contributed by atoms with Gasteiger partial charge in [0, 0.05) is 15.1 Å². The fourth-order valence-electron chi connectivity index (χ4n) is 3.68. The molecular formula is C28H16BrCl4FN2O4S. The summed E-state index contributed by atoms with van der Waals surface area (Å²) < 4.78 is 14.9. The van der Waals surface area contributed by atoms with E-state index in [1.807, 2.05) is 6.07 Å². The van der Waals surface area contributed by atoms with Gasteiger partial charge in [-0.3, -0.25) is 9.59 Å². The van der Waals surface area contributed by atoms with Crippen LogP contribution < -0.4 is 10.6 Å². The zero-order valence-electron chi connectivity index (χ0n) is 20.4. The van der Waals surface area contributed by atoms with Gasteiger partial charge in [-0.2, -0.15) is 0 Å². The molecule has 4 aromatic carbocycles. The van der Waals surface area contributed by atoms with Crippen molar-refractivity contribution >= 4 is 103 Å². The molecule has 0 saturated carbocycles. The average Bonchev–Trinajstić information content (AvgIpc) is 2.94. The normalized spacial score (nSPS) is 11.6. The van der Waals surface area contributed by atoms with Gasteiger partial charge in [-0.1, -0.05) is 92.7 Å². The summed E-state index contributed by atoms with van der Waals surface area (Å²) in [6.45, 7) is 0. The van der Waals surface area contributed by atoms with E-state index in [2.05, 4.69) is 26.6 Å². The van der Waals surface area contributed by atoms with Gasteiger partial charge in [0.25, 0.3) is 5.91 Å². The van der Waals surface area contributed by atoms with Crippen LogP contribution in [0, 0.1) is 5.82 Å². The molecule has 0 saturated heterocycles. The molecule has 6 nitrogen and oxygen atoms in total. The number of amides is 2. The van der Waals surface area contributed by atoms with Gasteiger partial charge in [0.2, 0.25) is 5.91 Å². The number of carboxylic acids is 1. The largest absolute Gasteiger partial charge is 0.478 e. The maximum absolute atomic E-state index is 14.4. The monoisotopic (exact) mass is 714 g/mol. The molecule has 4 rings (SSSR count). The van der Waals surface area contributed by atoms with Crippen LogP contribution in [0.15, 0.2) is 82.2 Å². The summed E-state index contributed by atoms with van der Waals surface area (Å²) in [4.78, 5) is 38.7. The lowest BCUT2D eigenvalue weighted by Gasteiger charge is -2.18. The number of carboxylic acid groups (broad SMARTS) is 1. The summed E-state index contributed by atoms with van der Waals surface area (Å²) in [7, 11) is 0. The van der Waals surface area contributed by atoms with Crippen LogP contribution in [0.1, 0.15) is 31.5 Å². The van der Waals surface area contributed by atoms with E-state index in [1.165, 1.54) is 23.9 Å². The van der Waals surface area contributed by atoms with Crippen molar-refractivity contribution in [2.24, 2.45) is 0 Å². The standard InChI is InChI=1S/C28H16BrCl4FN2O4S/c29-14-6-11-18(17(34)12-14)36-27(38)25(13-4-2-1-3-5-13)41-16-9-7-15(8-10-16)35-26(37)19-20(28(39)40)22(31)24(33)23(32)21(19)30/h1-12,25H,(H,35,37)(H,36,38)(H,39,40).